The van der Waals surface area contributed by atoms with Crippen LogP contribution in [0.2, 0.25) is 0 Å². The molecule has 11 aromatic rings. The zero-order valence-electron chi connectivity index (χ0n) is 31.9. The summed E-state index contributed by atoms with van der Waals surface area (Å²) >= 11 is 1.87. The summed E-state index contributed by atoms with van der Waals surface area (Å²) < 4.78 is 11.7. The smallest absolute Gasteiger partial charge is 0.153 e. The second-order valence-electron chi connectivity index (χ2n) is 14.9. The molecule has 4 nitrogen and oxygen atoms in total. The van der Waals surface area contributed by atoms with Gasteiger partial charge in [-0.25, -0.2) is 0 Å². The monoisotopic (exact) mass is 773 g/mol. The van der Waals surface area contributed by atoms with Crippen molar-refractivity contribution in [1.29, 1.82) is 0 Å². The third-order valence-electron chi connectivity index (χ3n) is 11.6. The number of fused-ring (bicyclic) bond motifs is 8. The molecule has 0 amide bonds. The highest BCUT2D eigenvalue weighted by Gasteiger charge is 2.27. The van der Waals surface area contributed by atoms with E-state index in [0.29, 0.717) is 0 Å². The Balaban J connectivity index is 1.04. The first-order valence-corrected chi connectivity index (χ1v) is 20.7. The van der Waals surface area contributed by atoms with Crippen LogP contribution in [-0.2, 0) is 0 Å². The highest BCUT2D eigenvalue weighted by atomic mass is 32.1. The van der Waals surface area contributed by atoms with Crippen LogP contribution in [0.4, 0.5) is 34.1 Å². The standard InChI is InChI=1S/C54H35N3OS/c1-3-14-37(15-4-1)56-47-22-9-7-18-43(47)46-34-40(30-32-48(46)56)55(39-28-26-36(27-29-39)42-20-13-21-45-44-19-8-12-25-53(44)59-54(42)45)41-31-33-50-52(35-41)58-51-24-11-10-23-49(51)57(50)38-16-5-2-6-17-38/h1-35H. The first-order chi connectivity index (χ1) is 29.3. The van der Waals surface area contributed by atoms with Crippen LogP contribution in [0.25, 0.3) is 58.8 Å². The molecule has 0 N–H and O–H groups in total. The number of ether oxygens (including phenoxy) is 1. The summed E-state index contributed by atoms with van der Waals surface area (Å²) in [4.78, 5) is 4.64. The molecule has 0 saturated carbocycles. The molecule has 0 radical (unpaired) electrons. The minimum Gasteiger partial charge on any atom is -0.453 e. The van der Waals surface area contributed by atoms with Gasteiger partial charge in [-0.15, -0.1) is 11.3 Å². The van der Waals surface area contributed by atoms with E-state index < -0.39 is 0 Å². The van der Waals surface area contributed by atoms with Gasteiger partial charge in [-0.05, 0) is 102 Å². The van der Waals surface area contributed by atoms with Gasteiger partial charge in [0.1, 0.15) is 0 Å². The van der Waals surface area contributed by atoms with E-state index in [1.54, 1.807) is 0 Å². The molecular formula is C54H35N3OS. The lowest BCUT2D eigenvalue weighted by Gasteiger charge is -2.34. The minimum absolute atomic E-state index is 0.796. The Morgan fingerprint density at radius 1 is 0.407 bits per heavy atom. The fourth-order valence-electron chi connectivity index (χ4n) is 8.91. The normalized spacial score (nSPS) is 12.2. The highest BCUT2D eigenvalue weighted by Crippen LogP contribution is 2.52. The second kappa shape index (κ2) is 13.5. The molecule has 0 spiro atoms. The fraction of sp³-hybridized carbons (Fsp3) is 0. The largest absolute Gasteiger partial charge is 0.453 e. The number of thiophene rings is 1. The summed E-state index contributed by atoms with van der Waals surface area (Å²) in [7, 11) is 0. The van der Waals surface area contributed by atoms with Gasteiger partial charge in [0.05, 0.1) is 22.4 Å². The zero-order valence-corrected chi connectivity index (χ0v) is 32.7. The quantitative estimate of drug-likeness (QED) is 0.168. The highest BCUT2D eigenvalue weighted by molar-refractivity contribution is 7.26. The number of rotatable bonds is 6. The average molecular weight is 774 g/mol. The van der Waals surface area contributed by atoms with Crippen LogP contribution in [-0.4, -0.2) is 4.57 Å². The third kappa shape index (κ3) is 5.43. The molecule has 1 aliphatic heterocycles. The maximum atomic E-state index is 6.74. The van der Waals surface area contributed by atoms with Gasteiger partial charge < -0.3 is 19.1 Å². The lowest BCUT2D eigenvalue weighted by molar-refractivity contribution is 0.477. The van der Waals surface area contributed by atoms with E-state index in [0.717, 1.165) is 56.8 Å². The van der Waals surface area contributed by atoms with Crippen molar-refractivity contribution in [3.05, 3.63) is 212 Å². The molecule has 9 aromatic carbocycles. The van der Waals surface area contributed by atoms with Crippen LogP contribution in [0.3, 0.4) is 0 Å². The predicted octanol–water partition coefficient (Wildman–Crippen LogP) is 15.9. The number of nitrogens with zero attached hydrogens (tertiary/aromatic N) is 3. The van der Waals surface area contributed by atoms with Gasteiger partial charge in [0, 0.05) is 65.4 Å². The van der Waals surface area contributed by atoms with Crippen LogP contribution >= 0.6 is 11.3 Å². The predicted molar refractivity (Wildman–Crippen MR) is 249 cm³/mol. The van der Waals surface area contributed by atoms with E-state index in [2.05, 4.69) is 215 Å². The molecule has 278 valence electrons. The molecule has 2 aromatic heterocycles. The van der Waals surface area contributed by atoms with Gasteiger partial charge >= 0.3 is 0 Å². The summed E-state index contributed by atoms with van der Waals surface area (Å²) in [5, 5.41) is 5.02. The van der Waals surface area contributed by atoms with Crippen molar-refractivity contribution in [3.63, 3.8) is 0 Å². The average Bonchev–Trinajstić information content (AvgIpc) is 3.85. The lowest BCUT2D eigenvalue weighted by atomic mass is 10.0. The van der Waals surface area contributed by atoms with E-state index in [4.69, 9.17) is 4.74 Å². The Bertz CT molecular complexity index is 3370. The van der Waals surface area contributed by atoms with Crippen molar-refractivity contribution >= 4 is 87.4 Å². The SMILES string of the molecule is c1ccc(N2c3ccccc3Oc3cc(N(c4ccc(-c5cccc6c5sc5ccccc56)cc4)c4ccc5c(c4)c4ccccc4n5-c4ccccc4)ccc32)cc1. The maximum Gasteiger partial charge on any atom is 0.153 e. The molecule has 3 heterocycles. The van der Waals surface area contributed by atoms with Gasteiger partial charge in [-0.3, -0.25) is 0 Å². The van der Waals surface area contributed by atoms with Crippen LogP contribution in [0.15, 0.2) is 212 Å². The third-order valence-corrected chi connectivity index (χ3v) is 12.8. The Labute approximate surface area is 345 Å². The van der Waals surface area contributed by atoms with Gasteiger partial charge in [-0.1, -0.05) is 115 Å². The van der Waals surface area contributed by atoms with Crippen molar-refractivity contribution in [2.75, 3.05) is 9.80 Å². The van der Waals surface area contributed by atoms with Crippen molar-refractivity contribution in [1.82, 2.24) is 4.57 Å². The van der Waals surface area contributed by atoms with Crippen molar-refractivity contribution in [2.24, 2.45) is 0 Å². The molecule has 0 unspecified atom stereocenters. The molecule has 0 bridgehead atoms. The number of anilines is 6. The molecule has 1 aliphatic rings. The fourth-order valence-corrected chi connectivity index (χ4v) is 10.1. The van der Waals surface area contributed by atoms with Crippen molar-refractivity contribution < 1.29 is 4.74 Å². The number of aromatic nitrogens is 1. The van der Waals surface area contributed by atoms with Crippen LogP contribution in [0, 0.1) is 0 Å². The Morgan fingerprint density at radius 3 is 1.88 bits per heavy atom. The zero-order chi connectivity index (χ0) is 38.9. The molecule has 5 heteroatoms. The molecule has 0 saturated heterocycles. The van der Waals surface area contributed by atoms with Crippen LogP contribution in [0.5, 0.6) is 11.5 Å². The van der Waals surface area contributed by atoms with Crippen molar-refractivity contribution in [3.8, 4) is 28.3 Å². The molecule has 0 atom stereocenters. The van der Waals surface area contributed by atoms with E-state index in [1.165, 1.54) is 47.6 Å². The summed E-state index contributed by atoms with van der Waals surface area (Å²) in [6.07, 6.45) is 0. The van der Waals surface area contributed by atoms with Gasteiger partial charge in [-0.2, -0.15) is 0 Å². The van der Waals surface area contributed by atoms with Crippen LogP contribution < -0.4 is 14.5 Å². The molecular weight excluding hydrogens is 739 g/mol. The van der Waals surface area contributed by atoms with E-state index in [-0.39, 0.29) is 0 Å². The first-order valence-electron chi connectivity index (χ1n) is 19.9. The summed E-state index contributed by atoms with van der Waals surface area (Å²) in [5.41, 5.74) is 12.1. The van der Waals surface area contributed by atoms with E-state index in [1.807, 2.05) is 23.5 Å². The topological polar surface area (TPSA) is 20.6 Å². The number of para-hydroxylation sites is 5. The van der Waals surface area contributed by atoms with Gasteiger partial charge in [0.25, 0.3) is 0 Å². The summed E-state index contributed by atoms with van der Waals surface area (Å²) in [5.74, 6) is 1.62. The number of hydrogen-bond acceptors (Lipinski definition) is 4. The van der Waals surface area contributed by atoms with E-state index in [9.17, 15) is 0 Å². The Kier molecular flexibility index (Phi) is 7.68. The maximum absolute atomic E-state index is 6.74. The Hall–Kier alpha value is -7.60. The minimum atomic E-state index is 0.796. The molecule has 12 rings (SSSR count). The molecule has 0 aliphatic carbocycles. The second-order valence-corrected chi connectivity index (χ2v) is 16.0. The summed E-state index contributed by atoms with van der Waals surface area (Å²) in [6, 6.07) is 76.0. The molecule has 0 fully saturated rings. The lowest BCUT2D eigenvalue weighted by Crippen LogP contribution is -2.16. The first kappa shape index (κ1) is 33.5. The number of benzene rings is 9. The van der Waals surface area contributed by atoms with Crippen LogP contribution in [0.1, 0.15) is 0 Å². The van der Waals surface area contributed by atoms with Gasteiger partial charge in [0.15, 0.2) is 11.5 Å². The Morgan fingerprint density at radius 2 is 1.03 bits per heavy atom. The summed E-state index contributed by atoms with van der Waals surface area (Å²) in [6.45, 7) is 0. The molecule has 59 heavy (non-hydrogen) atoms. The van der Waals surface area contributed by atoms with Crippen molar-refractivity contribution in [2.45, 2.75) is 0 Å². The van der Waals surface area contributed by atoms with Gasteiger partial charge in [0.2, 0.25) is 0 Å². The van der Waals surface area contributed by atoms with E-state index >= 15 is 0 Å². The number of hydrogen-bond donors (Lipinski definition) is 0.